The summed E-state index contributed by atoms with van der Waals surface area (Å²) in [6, 6.07) is 15.0. The molecular weight excluding hydrogens is 434 g/mol. The van der Waals surface area contributed by atoms with Gasteiger partial charge in [0, 0.05) is 23.2 Å². The van der Waals surface area contributed by atoms with E-state index in [0.717, 1.165) is 22.4 Å². The molecule has 1 heterocycles. The molecule has 0 saturated carbocycles. The molecule has 0 aromatic heterocycles. The summed E-state index contributed by atoms with van der Waals surface area (Å²) >= 11 is 0. The molecule has 0 radical (unpaired) electrons. The van der Waals surface area contributed by atoms with Crippen molar-refractivity contribution in [2.45, 2.75) is 26.8 Å². The van der Waals surface area contributed by atoms with E-state index in [1.165, 1.54) is 0 Å². The van der Waals surface area contributed by atoms with E-state index in [4.69, 9.17) is 9.84 Å². The highest BCUT2D eigenvalue weighted by molar-refractivity contribution is 6.02. The number of hydrazone groups is 1. The van der Waals surface area contributed by atoms with Crippen LogP contribution in [0.3, 0.4) is 0 Å². The molecular formula is C25H29N5O4. The summed E-state index contributed by atoms with van der Waals surface area (Å²) in [5.41, 5.74) is 9.74. The van der Waals surface area contributed by atoms with Gasteiger partial charge in [-0.05, 0) is 50.1 Å². The van der Waals surface area contributed by atoms with Gasteiger partial charge in [-0.2, -0.15) is 0 Å². The second-order valence-corrected chi connectivity index (χ2v) is 7.85. The van der Waals surface area contributed by atoms with E-state index in [1.807, 2.05) is 49.4 Å². The minimum atomic E-state index is -0.931. The minimum absolute atomic E-state index is 0.200. The smallest absolute Gasteiger partial charge is 0.330 e. The highest BCUT2D eigenvalue weighted by Crippen LogP contribution is 2.14. The fourth-order valence-electron chi connectivity index (χ4n) is 3.13. The van der Waals surface area contributed by atoms with Crippen LogP contribution in [0.15, 0.2) is 76.9 Å². The van der Waals surface area contributed by atoms with Crippen molar-refractivity contribution in [3.05, 3.63) is 88.5 Å². The Balaban J connectivity index is 1.53. The van der Waals surface area contributed by atoms with Gasteiger partial charge in [0.05, 0.1) is 13.7 Å². The molecule has 2 aromatic rings. The summed E-state index contributed by atoms with van der Waals surface area (Å²) in [5.74, 6) is 0.280. The Kier molecular flexibility index (Phi) is 8.42. The molecule has 0 saturated heterocycles. The number of benzene rings is 2. The van der Waals surface area contributed by atoms with Crippen molar-refractivity contribution in [1.82, 2.24) is 21.4 Å². The van der Waals surface area contributed by atoms with E-state index in [9.17, 15) is 9.59 Å². The fourth-order valence-corrected chi connectivity index (χ4v) is 3.13. The first-order valence-electron chi connectivity index (χ1n) is 10.8. The Hall–Kier alpha value is -4.11. The summed E-state index contributed by atoms with van der Waals surface area (Å²) in [7, 11) is 1.63. The van der Waals surface area contributed by atoms with E-state index in [2.05, 4.69) is 21.4 Å². The number of rotatable bonds is 10. The van der Waals surface area contributed by atoms with Crippen molar-refractivity contribution in [1.29, 1.82) is 0 Å². The van der Waals surface area contributed by atoms with E-state index in [0.29, 0.717) is 36.5 Å². The zero-order valence-corrected chi connectivity index (χ0v) is 19.5. The highest BCUT2D eigenvalue weighted by atomic mass is 16.5. The number of ether oxygens (including phenoxy) is 1. The topological polar surface area (TPSA) is 115 Å². The molecule has 1 aliphatic rings. The maximum atomic E-state index is 12.6. The fraction of sp³-hybridized carbons (Fsp3) is 0.240. The average molecular weight is 464 g/mol. The SMILES string of the molecule is COc1ccc(CN2NN=C(c3cccc(C(=O)NC/C(C)=C/C/C=C(\C)C(=O)O)c3)N2)cc1. The molecule has 1 amide bonds. The predicted molar refractivity (Wildman–Crippen MR) is 130 cm³/mol. The first-order valence-corrected chi connectivity index (χ1v) is 10.8. The van der Waals surface area contributed by atoms with Crippen molar-refractivity contribution in [3.63, 3.8) is 0 Å². The molecule has 0 spiro atoms. The second kappa shape index (κ2) is 11.7. The van der Waals surface area contributed by atoms with Gasteiger partial charge in [-0.25, -0.2) is 10.3 Å². The van der Waals surface area contributed by atoms with Crippen LogP contribution in [0.5, 0.6) is 5.75 Å². The maximum absolute atomic E-state index is 12.6. The van der Waals surface area contributed by atoms with E-state index in [-0.39, 0.29) is 5.91 Å². The number of nitrogens with zero attached hydrogens (tertiary/aromatic N) is 2. The monoisotopic (exact) mass is 463 g/mol. The Morgan fingerprint density at radius 1 is 1.15 bits per heavy atom. The van der Waals surface area contributed by atoms with Crippen LogP contribution in [-0.4, -0.2) is 41.6 Å². The molecule has 4 N–H and O–H groups in total. The number of allylic oxidation sites excluding steroid dienone is 2. The zero-order chi connectivity index (χ0) is 24.5. The van der Waals surface area contributed by atoms with Crippen molar-refractivity contribution < 1.29 is 19.4 Å². The van der Waals surface area contributed by atoms with Gasteiger partial charge in [-0.3, -0.25) is 10.2 Å². The molecule has 0 aliphatic carbocycles. The van der Waals surface area contributed by atoms with Gasteiger partial charge in [0.25, 0.3) is 5.91 Å². The quantitative estimate of drug-likeness (QED) is 0.316. The van der Waals surface area contributed by atoms with Gasteiger partial charge in [0.1, 0.15) is 5.75 Å². The van der Waals surface area contributed by atoms with Gasteiger partial charge in [0.2, 0.25) is 0 Å². The number of aliphatic carboxylic acids is 1. The van der Waals surface area contributed by atoms with Crippen LogP contribution in [0.4, 0.5) is 0 Å². The lowest BCUT2D eigenvalue weighted by atomic mass is 10.1. The number of methoxy groups -OCH3 is 1. The van der Waals surface area contributed by atoms with Crippen molar-refractivity contribution >= 4 is 17.7 Å². The third-order valence-electron chi connectivity index (χ3n) is 5.18. The van der Waals surface area contributed by atoms with Crippen LogP contribution in [0.1, 0.15) is 41.8 Å². The normalized spacial score (nSPS) is 14.1. The summed E-state index contributed by atoms with van der Waals surface area (Å²) in [6.45, 7) is 4.39. The highest BCUT2D eigenvalue weighted by Gasteiger charge is 2.17. The van der Waals surface area contributed by atoms with Crippen LogP contribution >= 0.6 is 0 Å². The molecule has 9 nitrogen and oxygen atoms in total. The zero-order valence-electron chi connectivity index (χ0n) is 19.5. The lowest BCUT2D eigenvalue weighted by Gasteiger charge is -2.16. The second-order valence-electron chi connectivity index (χ2n) is 7.85. The molecule has 0 unspecified atom stereocenters. The largest absolute Gasteiger partial charge is 0.497 e. The van der Waals surface area contributed by atoms with Gasteiger partial charge >= 0.3 is 5.97 Å². The molecule has 0 atom stereocenters. The summed E-state index contributed by atoms with van der Waals surface area (Å²) < 4.78 is 5.18. The first-order chi connectivity index (χ1) is 16.4. The van der Waals surface area contributed by atoms with E-state index in [1.54, 1.807) is 37.4 Å². The van der Waals surface area contributed by atoms with Crippen molar-refractivity contribution in [3.8, 4) is 5.75 Å². The minimum Gasteiger partial charge on any atom is -0.497 e. The van der Waals surface area contributed by atoms with Gasteiger partial charge in [0.15, 0.2) is 5.84 Å². The molecule has 2 aromatic carbocycles. The van der Waals surface area contributed by atoms with E-state index < -0.39 is 5.97 Å². The summed E-state index contributed by atoms with van der Waals surface area (Å²) in [5, 5.41) is 17.8. The molecule has 0 bridgehead atoms. The first kappa shape index (κ1) is 24.5. The van der Waals surface area contributed by atoms with Crippen LogP contribution in [0.2, 0.25) is 0 Å². The number of hydrogen-bond acceptors (Lipinski definition) is 7. The third kappa shape index (κ3) is 6.94. The van der Waals surface area contributed by atoms with Gasteiger partial charge < -0.3 is 15.2 Å². The number of carbonyl (C=O) groups is 2. The Labute approximate surface area is 198 Å². The summed E-state index contributed by atoms with van der Waals surface area (Å²) in [6.07, 6.45) is 4.03. The lowest BCUT2D eigenvalue weighted by molar-refractivity contribution is -0.132. The number of hydrogen-bond donors (Lipinski definition) is 4. The Morgan fingerprint density at radius 2 is 1.91 bits per heavy atom. The Morgan fingerprint density at radius 3 is 2.62 bits per heavy atom. The number of carboxylic acid groups (broad SMARTS) is 1. The summed E-state index contributed by atoms with van der Waals surface area (Å²) in [4.78, 5) is 23.4. The molecule has 1 aliphatic heterocycles. The standard InChI is InChI=1S/C25H29N5O4/c1-17(6-4-7-18(2)25(32)33)15-26-24(31)21-9-5-8-20(14-21)23-27-29-30(28-23)16-19-10-12-22(34-3)13-11-19/h5-14,29H,4,15-16H2,1-3H3,(H,26,31)(H,27,28)(H,32,33)/b17-6+,18-7+. The molecule has 9 heteroatoms. The van der Waals surface area contributed by atoms with Gasteiger partial charge in [-0.1, -0.05) is 42.0 Å². The van der Waals surface area contributed by atoms with Crippen molar-refractivity contribution in [2.75, 3.05) is 13.7 Å². The van der Waals surface area contributed by atoms with Gasteiger partial charge in [-0.15, -0.1) is 10.2 Å². The number of carbonyl (C=O) groups excluding carboxylic acids is 1. The number of hydrazine groups is 2. The van der Waals surface area contributed by atoms with E-state index >= 15 is 0 Å². The third-order valence-corrected chi connectivity index (χ3v) is 5.18. The van der Waals surface area contributed by atoms with Crippen LogP contribution in [0, 0.1) is 0 Å². The Bertz CT molecular complexity index is 1120. The molecule has 178 valence electrons. The van der Waals surface area contributed by atoms with Crippen LogP contribution in [-0.2, 0) is 11.3 Å². The van der Waals surface area contributed by atoms with Crippen LogP contribution < -0.4 is 21.0 Å². The number of carboxylic acids is 1. The molecule has 3 rings (SSSR count). The van der Waals surface area contributed by atoms with Crippen LogP contribution in [0.25, 0.3) is 0 Å². The average Bonchev–Trinajstić information content (AvgIpc) is 3.31. The van der Waals surface area contributed by atoms with Crippen molar-refractivity contribution in [2.24, 2.45) is 5.10 Å². The lowest BCUT2D eigenvalue weighted by Crippen LogP contribution is -2.40. The molecule has 34 heavy (non-hydrogen) atoms. The molecule has 0 fully saturated rings. The number of nitrogens with one attached hydrogen (secondary N) is 3. The maximum Gasteiger partial charge on any atom is 0.330 e. The number of amidine groups is 1. The number of amides is 1. The predicted octanol–water partition coefficient (Wildman–Crippen LogP) is 2.98.